The first-order valence-corrected chi connectivity index (χ1v) is 9.40. The number of carbonyl (C=O) groups is 1. The molecule has 3 aromatic rings. The molecule has 0 aliphatic rings. The van der Waals surface area contributed by atoms with Gasteiger partial charge in [0.15, 0.2) is 0 Å². The summed E-state index contributed by atoms with van der Waals surface area (Å²) >= 11 is 1.66. The van der Waals surface area contributed by atoms with E-state index in [1.807, 2.05) is 61.7 Å². The van der Waals surface area contributed by atoms with Crippen LogP contribution in [0.25, 0.3) is 11.5 Å². The fourth-order valence-electron chi connectivity index (χ4n) is 2.34. The molecule has 0 spiro atoms. The van der Waals surface area contributed by atoms with Crippen molar-refractivity contribution >= 4 is 23.7 Å². The number of nitrogens with zero attached hydrogens (tertiary/aromatic N) is 2. The molecular weight excluding hydrogens is 350 g/mol. The second-order valence-corrected chi connectivity index (χ2v) is 6.32. The molecule has 0 radical (unpaired) electrons. The highest BCUT2D eigenvalue weighted by molar-refractivity contribution is 7.98. The molecular formula is C19H19N3O3S. The molecule has 3 rings (SSSR count). The maximum absolute atomic E-state index is 12.1. The molecule has 0 fully saturated rings. The van der Waals surface area contributed by atoms with Crippen molar-refractivity contribution in [1.29, 1.82) is 0 Å². The van der Waals surface area contributed by atoms with E-state index in [0.29, 0.717) is 12.5 Å². The number of amides is 1. The minimum Gasteiger partial charge on any atom is -0.494 e. The molecule has 0 saturated carbocycles. The van der Waals surface area contributed by atoms with Gasteiger partial charge in [-0.2, -0.15) is 0 Å². The van der Waals surface area contributed by atoms with Gasteiger partial charge in [0.25, 0.3) is 0 Å². The minimum atomic E-state index is -0.205. The summed E-state index contributed by atoms with van der Waals surface area (Å²) in [6, 6.07) is 15.3. The number of anilines is 1. The van der Waals surface area contributed by atoms with Crippen molar-refractivity contribution in [2.75, 3.05) is 18.2 Å². The zero-order valence-electron chi connectivity index (χ0n) is 14.6. The lowest BCUT2D eigenvalue weighted by Crippen LogP contribution is -2.14. The zero-order valence-corrected chi connectivity index (χ0v) is 15.4. The van der Waals surface area contributed by atoms with Crippen LogP contribution < -0.4 is 10.1 Å². The molecule has 6 nitrogen and oxygen atoms in total. The normalized spacial score (nSPS) is 10.5. The molecule has 0 saturated heterocycles. The smallest absolute Gasteiger partial charge is 0.322 e. The molecule has 1 amide bonds. The number of aromatic nitrogens is 2. The van der Waals surface area contributed by atoms with Crippen LogP contribution in [0.1, 0.15) is 12.5 Å². The summed E-state index contributed by atoms with van der Waals surface area (Å²) in [6.07, 6.45) is 2.26. The van der Waals surface area contributed by atoms with Crippen LogP contribution >= 0.6 is 11.8 Å². The number of hydrogen-bond donors (Lipinski definition) is 1. The van der Waals surface area contributed by atoms with E-state index in [9.17, 15) is 4.79 Å². The van der Waals surface area contributed by atoms with Crippen molar-refractivity contribution in [3.63, 3.8) is 0 Å². The van der Waals surface area contributed by atoms with E-state index in [1.54, 1.807) is 11.8 Å². The third-order valence-electron chi connectivity index (χ3n) is 3.61. The summed E-state index contributed by atoms with van der Waals surface area (Å²) in [6.45, 7) is 2.54. The third kappa shape index (κ3) is 4.64. The van der Waals surface area contributed by atoms with Crippen molar-refractivity contribution < 1.29 is 13.9 Å². The second-order valence-electron chi connectivity index (χ2n) is 5.44. The SMILES string of the molecule is CCOc1ccc(-c2nnc(NC(=O)Cc3ccc(SC)cc3)o2)cc1. The van der Waals surface area contributed by atoms with Crippen LogP contribution in [0.5, 0.6) is 5.75 Å². The van der Waals surface area contributed by atoms with E-state index in [0.717, 1.165) is 21.8 Å². The van der Waals surface area contributed by atoms with Gasteiger partial charge in [0.05, 0.1) is 13.0 Å². The van der Waals surface area contributed by atoms with Gasteiger partial charge >= 0.3 is 6.01 Å². The predicted octanol–water partition coefficient (Wildman–Crippen LogP) is 4.04. The lowest BCUT2D eigenvalue weighted by atomic mass is 10.1. The first-order chi connectivity index (χ1) is 12.7. The fraction of sp³-hybridized carbons (Fsp3) is 0.211. The van der Waals surface area contributed by atoms with Gasteiger partial charge in [0, 0.05) is 10.5 Å². The summed E-state index contributed by atoms with van der Waals surface area (Å²) in [5, 5.41) is 10.5. The van der Waals surface area contributed by atoms with Gasteiger partial charge in [0.2, 0.25) is 11.8 Å². The molecule has 0 aliphatic carbocycles. The van der Waals surface area contributed by atoms with Gasteiger partial charge in [-0.1, -0.05) is 17.2 Å². The van der Waals surface area contributed by atoms with E-state index in [4.69, 9.17) is 9.15 Å². The van der Waals surface area contributed by atoms with Gasteiger partial charge in [0.1, 0.15) is 5.75 Å². The Labute approximate surface area is 156 Å². The standard InChI is InChI=1S/C19H19N3O3S/c1-3-24-15-8-6-14(7-9-15)18-21-22-19(25-18)20-17(23)12-13-4-10-16(26-2)11-5-13/h4-11H,3,12H2,1-2H3,(H,20,22,23). The van der Waals surface area contributed by atoms with Gasteiger partial charge in [-0.25, -0.2) is 0 Å². The zero-order chi connectivity index (χ0) is 18.4. The highest BCUT2D eigenvalue weighted by Crippen LogP contribution is 2.23. The van der Waals surface area contributed by atoms with Crippen LogP contribution in [0.4, 0.5) is 6.01 Å². The van der Waals surface area contributed by atoms with E-state index >= 15 is 0 Å². The molecule has 0 aliphatic heterocycles. The Morgan fingerprint density at radius 1 is 1.12 bits per heavy atom. The average molecular weight is 369 g/mol. The Hall–Kier alpha value is -2.80. The van der Waals surface area contributed by atoms with E-state index < -0.39 is 0 Å². The van der Waals surface area contributed by atoms with Crippen molar-refractivity contribution in [2.45, 2.75) is 18.2 Å². The Morgan fingerprint density at radius 3 is 2.50 bits per heavy atom. The van der Waals surface area contributed by atoms with E-state index in [-0.39, 0.29) is 18.3 Å². The summed E-state index contributed by atoms with van der Waals surface area (Å²) in [4.78, 5) is 13.3. The Morgan fingerprint density at radius 2 is 1.85 bits per heavy atom. The molecule has 2 aromatic carbocycles. The molecule has 26 heavy (non-hydrogen) atoms. The number of nitrogens with one attached hydrogen (secondary N) is 1. The maximum atomic E-state index is 12.1. The van der Waals surface area contributed by atoms with Crippen molar-refractivity contribution in [1.82, 2.24) is 10.2 Å². The van der Waals surface area contributed by atoms with Crippen LogP contribution in [0, 0.1) is 0 Å². The fourth-order valence-corrected chi connectivity index (χ4v) is 2.75. The van der Waals surface area contributed by atoms with Gasteiger partial charge in [-0.3, -0.25) is 10.1 Å². The molecule has 0 atom stereocenters. The first-order valence-electron chi connectivity index (χ1n) is 8.17. The van der Waals surface area contributed by atoms with Crippen molar-refractivity contribution in [3.05, 3.63) is 54.1 Å². The minimum absolute atomic E-state index is 0.0830. The van der Waals surface area contributed by atoms with Gasteiger partial charge < -0.3 is 9.15 Å². The van der Waals surface area contributed by atoms with E-state index in [2.05, 4.69) is 15.5 Å². The number of rotatable bonds is 7. The predicted molar refractivity (Wildman–Crippen MR) is 101 cm³/mol. The molecule has 1 N–H and O–H groups in total. The molecule has 1 aromatic heterocycles. The maximum Gasteiger partial charge on any atom is 0.322 e. The monoisotopic (exact) mass is 369 g/mol. The summed E-state index contributed by atoms with van der Waals surface area (Å²) < 4.78 is 10.9. The topological polar surface area (TPSA) is 77.3 Å². The summed E-state index contributed by atoms with van der Waals surface area (Å²) in [5.41, 5.74) is 1.68. The lowest BCUT2D eigenvalue weighted by Gasteiger charge is -2.03. The van der Waals surface area contributed by atoms with Crippen molar-refractivity contribution in [3.8, 4) is 17.2 Å². The van der Waals surface area contributed by atoms with Crippen LogP contribution in [0.15, 0.2) is 57.8 Å². The molecule has 134 valence electrons. The highest BCUT2D eigenvalue weighted by atomic mass is 32.2. The summed E-state index contributed by atoms with van der Waals surface area (Å²) in [5.74, 6) is 0.910. The largest absolute Gasteiger partial charge is 0.494 e. The number of thioether (sulfide) groups is 1. The van der Waals surface area contributed by atoms with Gasteiger partial charge in [-0.05, 0) is 55.1 Å². The number of carbonyl (C=O) groups excluding carboxylic acids is 1. The quantitative estimate of drug-likeness (QED) is 0.634. The molecule has 0 bridgehead atoms. The number of ether oxygens (including phenoxy) is 1. The van der Waals surface area contributed by atoms with Crippen LogP contribution in [0.3, 0.4) is 0 Å². The molecule has 1 heterocycles. The van der Waals surface area contributed by atoms with E-state index in [1.165, 1.54) is 0 Å². The highest BCUT2D eigenvalue weighted by Gasteiger charge is 2.12. The Kier molecular flexibility index (Phi) is 5.91. The Bertz CT molecular complexity index is 860. The van der Waals surface area contributed by atoms with Crippen LogP contribution in [-0.2, 0) is 11.2 Å². The van der Waals surface area contributed by atoms with Crippen LogP contribution in [-0.4, -0.2) is 29.0 Å². The van der Waals surface area contributed by atoms with Crippen LogP contribution in [0.2, 0.25) is 0 Å². The average Bonchev–Trinajstić information content (AvgIpc) is 3.11. The van der Waals surface area contributed by atoms with Gasteiger partial charge in [-0.15, -0.1) is 16.9 Å². The summed E-state index contributed by atoms with van der Waals surface area (Å²) in [7, 11) is 0. The first kappa shape index (κ1) is 18.0. The Balaban J connectivity index is 1.61. The molecule has 7 heteroatoms. The number of hydrogen-bond acceptors (Lipinski definition) is 6. The lowest BCUT2D eigenvalue weighted by molar-refractivity contribution is -0.115. The third-order valence-corrected chi connectivity index (χ3v) is 4.35. The second kappa shape index (κ2) is 8.53. The molecule has 0 unspecified atom stereocenters. The van der Waals surface area contributed by atoms with Crippen molar-refractivity contribution in [2.24, 2.45) is 0 Å². The number of benzene rings is 2.